The van der Waals surface area contributed by atoms with Crippen LogP contribution in [0.15, 0.2) is 18.3 Å². The van der Waals surface area contributed by atoms with E-state index in [0.29, 0.717) is 11.6 Å². The van der Waals surface area contributed by atoms with Crippen LogP contribution in [0.25, 0.3) is 0 Å². The fraction of sp³-hybridized carbons (Fsp3) is 0.294. The number of nitrogens with two attached hydrogens (primary N) is 1. The summed E-state index contributed by atoms with van der Waals surface area (Å²) < 4.78 is 62.1. The maximum Gasteiger partial charge on any atom is 0.425 e. The molecule has 28 heavy (non-hydrogen) atoms. The number of carbonyl (C=O) groups is 1. The first-order chi connectivity index (χ1) is 13.0. The second-order valence-electron chi connectivity index (χ2n) is 5.77. The van der Waals surface area contributed by atoms with Crippen LogP contribution in [0.1, 0.15) is 22.8 Å². The van der Waals surface area contributed by atoms with Gasteiger partial charge in [-0.25, -0.2) is 9.37 Å². The second kappa shape index (κ2) is 8.09. The quantitative estimate of drug-likeness (QED) is 0.553. The average molecular weight is 422 g/mol. The lowest BCUT2D eigenvalue weighted by atomic mass is 10.1. The molecule has 0 aliphatic carbocycles. The number of amides is 1. The van der Waals surface area contributed by atoms with Crippen molar-refractivity contribution >= 4 is 28.9 Å². The second-order valence-corrected chi connectivity index (χ2v) is 6.14. The molecule has 1 amide bonds. The van der Waals surface area contributed by atoms with Gasteiger partial charge in [0.2, 0.25) is 5.88 Å². The Morgan fingerprint density at radius 3 is 2.57 bits per heavy atom. The van der Waals surface area contributed by atoms with Crippen molar-refractivity contribution in [3.8, 4) is 11.6 Å². The number of pyridine rings is 1. The van der Waals surface area contributed by atoms with Crippen molar-refractivity contribution in [1.82, 2.24) is 4.98 Å². The predicted octanol–water partition coefficient (Wildman–Crippen LogP) is 4.36. The van der Waals surface area contributed by atoms with E-state index in [1.807, 2.05) is 0 Å². The van der Waals surface area contributed by atoms with Gasteiger partial charge in [-0.1, -0.05) is 11.6 Å². The molecule has 0 aliphatic rings. The number of halogens is 5. The minimum Gasteiger partial charge on any atom is -0.480 e. The van der Waals surface area contributed by atoms with Gasteiger partial charge in [0, 0.05) is 12.3 Å². The van der Waals surface area contributed by atoms with Crippen molar-refractivity contribution in [3.05, 3.63) is 40.3 Å². The number of nitrogens with zero attached hydrogens (tertiary/aromatic N) is 1. The number of carbonyl (C=O) groups excluding carboxylic acids is 1. The molecule has 152 valence electrons. The molecule has 3 N–H and O–H groups in total. The number of nitrogens with one attached hydrogen (secondary N) is 1. The van der Waals surface area contributed by atoms with Crippen LogP contribution >= 0.6 is 11.6 Å². The van der Waals surface area contributed by atoms with Crippen LogP contribution in [-0.2, 0) is 0 Å². The van der Waals surface area contributed by atoms with E-state index in [9.17, 15) is 22.4 Å². The highest BCUT2D eigenvalue weighted by atomic mass is 35.5. The van der Waals surface area contributed by atoms with Crippen LogP contribution in [-0.4, -0.2) is 30.3 Å². The Morgan fingerprint density at radius 1 is 1.36 bits per heavy atom. The van der Waals surface area contributed by atoms with E-state index in [4.69, 9.17) is 26.8 Å². The van der Waals surface area contributed by atoms with Crippen molar-refractivity contribution in [3.63, 3.8) is 0 Å². The number of ether oxygens (including phenoxy) is 2. The number of nitrogen functional groups attached to an aromatic ring is 1. The molecule has 0 aliphatic heterocycles. The first-order valence-electron chi connectivity index (χ1n) is 7.78. The van der Waals surface area contributed by atoms with E-state index >= 15 is 0 Å². The summed E-state index contributed by atoms with van der Waals surface area (Å²) in [6, 6.07) is 1.50. The molecular formula is C17H16ClF4N3O3. The summed E-state index contributed by atoms with van der Waals surface area (Å²) >= 11 is 6.11. The normalized spacial score (nSPS) is 12.4. The van der Waals surface area contributed by atoms with Gasteiger partial charge in [0.25, 0.3) is 5.91 Å². The highest BCUT2D eigenvalue weighted by Gasteiger charge is 2.38. The van der Waals surface area contributed by atoms with Crippen molar-refractivity contribution in [2.75, 3.05) is 18.2 Å². The lowest BCUT2D eigenvalue weighted by molar-refractivity contribution is -0.189. The number of rotatable bonds is 5. The Morgan fingerprint density at radius 2 is 2.00 bits per heavy atom. The average Bonchev–Trinajstić information content (AvgIpc) is 2.60. The maximum absolute atomic E-state index is 13.9. The fourth-order valence-corrected chi connectivity index (χ4v) is 2.46. The highest BCUT2D eigenvalue weighted by molar-refractivity contribution is 6.35. The predicted molar refractivity (Wildman–Crippen MR) is 95.4 cm³/mol. The maximum atomic E-state index is 13.9. The number of hydrogen-bond acceptors (Lipinski definition) is 5. The van der Waals surface area contributed by atoms with E-state index in [2.05, 4.69) is 10.3 Å². The topological polar surface area (TPSA) is 86.5 Å². The summed E-state index contributed by atoms with van der Waals surface area (Å²) in [6.07, 6.45) is -5.59. The highest BCUT2D eigenvalue weighted by Crippen LogP contribution is 2.35. The zero-order valence-corrected chi connectivity index (χ0v) is 15.7. The molecule has 2 aromatic rings. The van der Waals surface area contributed by atoms with Crippen LogP contribution in [0.4, 0.5) is 28.9 Å². The van der Waals surface area contributed by atoms with Crippen LogP contribution in [0, 0.1) is 12.7 Å². The van der Waals surface area contributed by atoms with Crippen LogP contribution in [0.3, 0.4) is 0 Å². The van der Waals surface area contributed by atoms with Gasteiger partial charge >= 0.3 is 6.18 Å². The molecule has 1 aromatic heterocycles. The number of alkyl halides is 3. The number of methoxy groups -OCH3 is 1. The Labute approximate surface area is 162 Å². The minimum atomic E-state index is -4.70. The molecule has 2 rings (SSSR count). The van der Waals surface area contributed by atoms with Gasteiger partial charge in [0.05, 0.1) is 24.0 Å². The third kappa shape index (κ3) is 4.56. The van der Waals surface area contributed by atoms with Gasteiger partial charge in [-0.2, -0.15) is 13.2 Å². The monoisotopic (exact) mass is 421 g/mol. The van der Waals surface area contributed by atoms with Gasteiger partial charge < -0.3 is 20.5 Å². The third-order valence-corrected chi connectivity index (χ3v) is 4.07. The molecule has 1 heterocycles. The third-order valence-electron chi connectivity index (χ3n) is 3.72. The largest absolute Gasteiger partial charge is 0.480 e. The summed E-state index contributed by atoms with van der Waals surface area (Å²) in [4.78, 5) is 16.5. The summed E-state index contributed by atoms with van der Waals surface area (Å²) in [5, 5.41) is 2.38. The van der Waals surface area contributed by atoms with Gasteiger partial charge in [0.15, 0.2) is 6.10 Å². The Hall–Kier alpha value is -2.75. The first kappa shape index (κ1) is 21.5. The molecule has 11 heteroatoms. The number of aryl methyl sites for hydroxylation is 1. The molecule has 6 nitrogen and oxygen atoms in total. The molecule has 0 bridgehead atoms. The van der Waals surface area contributed by atoms with Gasteiger partial charge in [0.1, 0.15) is 16.6 Å². The van der Waals surface area contributed by atoms with Gasteiger partial charge in [-0.3, -0.25) is 4.79 Å². The van der Waals surface area contributed by atoms with E-state index in [0.717, 1.165) is 13.0 Å². The summed E-state index contributed by atoms with van der Waals surface area (Å²) in [6.45, 7) is 2.33. The summed E-state index contributed by atoms with van der Waals surface area (Å²) in [5.41, 5.74) is 4.98. The van der Waals surface area contributed by atoms with Crippen molar-refractivity contribution in [1.29, 1.82) is 0 Å². The molecule has 0 spiro atoms. The van der Waals surface area contributed by atoms with E-state index in [1.165, 1.54) is 13.3 Å². The number of aromatic nitrogens is 1. The van der Waals surface area contributed by atoms with Crippen LogP contribution < -0.4 is 20.5 Å². The molecule has 0 radical (unpaired) electrons. The van der Waals surface area contributed by atoms with Crippen LogP contribution in [0.5, 0.6) is 11.6 Å². The van der Waals surface area contributed by atoms with Crippen LogP contribution in [0.2, 0.25) is 5.02 Å². The van der Waals surface area contributed by atoms with E-state index in [-0.39, 0.29) is 16.6 Å². The van der Waals surface area contributed by atoms with Crippen molar-refractivity contribution in [2.45, 2.75) is 26.1 Å². The number of anilines is 2. The Kier molecular flexibility index (Phi) is 6.23. The zero-order valence-electron chi connectivity index (χ0n) is 14.9. The van der Waals surface area contributed by atoms with Gasteiger partial charge in [-0.15, -0.1) is 0 Å². The Balaban J connectivity index is 2.44. The standard InChI is InChI=1S/C17H16ClF4N3O3/c1-7-6-24-16(27-3)13(18)14(7)25-15(26)9-4-10(19)11(23)5-12(9)28-8(2)17(20,21)22/h4-6,8H,23H2,1-3H3,(H,24,25,26)/t8-/m0/s1. The molecular weight excluding hydrogens is 406 g/mol. The lowest BCUT2D eigenvalue weighted by Crippen LogP contribution is -2.32. The number of benzene rings is 1. The molecule has 0 saturated carbocycles. The molecule has 0 fully saturated rings. The molecule has 0 saturated heterocycles. The number of hydrogen-bond donors (Lipinski definition) is 2. The smallest absolute Gasteiger partial charge is 0.425 e. The lowest BCUT2D eigenvalue weighted by Gasteiger charge is -2.20. The van der Waals surface area contributed by atoms with E-state index < -0.39 is 41.0 Å². The minimum absolute atomic E-state index is 0.0215. The van der Waals surface area contributed by atoms with Crippen molar-refractivity contribution in [2.24, 2.45) is 0 Å². The van der Waals surface area contributed by atoms with Crippen molar-refractivity contribution < 1.29 is 31.8 Å². The molecule has 0 unspecified atom stereocenters. The molecule has 1 atom stereocenters. The summed E-state index contributed by atoms with van der Waals surface area (Å²) in [7, 11) is 1.31. The Bertz CT molecular complexity index is 906. The SMILES string of the molecule is COc1ncc(C)c(NC(=O)c2cc(F)c(N)cc2O[C@@H](C)C(F)(F)F)c1Cl. The fourth-order valence-electron chi connectivity index (χ4n) is 2.13. The first-order valence-corrected chi connectivity index (χ1v) is 8.16. The van der Waals surface area contributed by atoms with E-state index in [1.54, 1.807) is 6.92 Å². The molecule has 1 aromatic carbocycles. The van der Waals surface area contributed by atoms with Gasteiger partial charge in [-0.05, 0) is 25.5 Å². The zero-order chi connectivity index (χ0) is 21.2. The summed E-state index contributed by atoms with van der Waals surface area (Å²) in [5.74, 6) is -2.46.